The lowest BCUT2D eigenvalue weighted by Crippen LogP contribution is -2.35. The Bertz CT molecular complexity index is 444. The van der Waals surface area contributed by atoms with Gasteiger partial charge in [0.1, 0.15) is 5.69 Å². The maximum atomic E-state index is 12.5. The third kappa shape index (κ3) is 3.64. The fraction of sp³-hybridized carbons (Fsp3) is 0.615. The maximum Gasteiger partial charge on any atom is 0.274 e. The van der Waals surface area contributed by atoms with E-state index in [9.17, 15) is 4.79 Å². The summed E-state index contributed by atoms with van der Waals surface area (Å²) >= 11 is 0. The van der Waals surface area contributed by atoms with Gasteiger partial charge in [-0.25, -0.2) is 10.8 Å². The minimum absolute atomic E-state index is 0.0484. The number of hydrogen-bond donors (Lipinski definition) is 2. The van der Waals surface area contributed by atoms with Crippen molar-refractivity contribution < 1.29 is 4.79 Å². The van der Waals surface area contributed by atoms with Crippen LogP contribution in [0.2, 0.25) is 0 Å². The van der Waals surface area contributed by atoms with Crippen LogP contribution in [0, 0.1) is 5.92 Å². The second-order valence-corrected chi connectivity index (χ2v) is 5.35. The molecule has 0 aromatic carbocycles. The zero-order valence-electron chi connectivity index (χ0n) is 11.5. The zero-order chi connectivity index (χ0) is 13.8. The van der Waals surface area contributed by atoms with Gasteiger partial charge in [-0.2, -0.15) is 0 Å². The molecule has 1 heterocycles. The summed E-state index contributed by atoms with van der Waals surface area (Å²) in [7, 11) is 0. The van der Waals surface area contributed by atoms with Crippen molar-refractivity contribution in [1.82, 2.24) is 14.9 Å². The smallest absolute Gasteiger partial charge is 0.274 e. The van der Waals surface area contributed by atoms with E-state index >= 15 is 0 Å². The fourth-order valence-corrected chi connectivity index (χ4v) is 1.92. The molecule has 0 spiro atoms. The van der Waals surface area contributed by atoms with Crippen LogP contribution in [0.1, 0.15) is 43.6 Å². The number of nitrogens with two attached hydrogens (primary N) is 1. The molecule has 6 nitrogen and oxygen atoms in total. The van der Waals surface area contributed by atoms with Crippen LogP contribution < -0.4 is 11.3 Å². The molecule has 1 aromatic rings. The van der Waals surface area contributed by atoms with Gasteiger partial charge in [0.15, 0.2) is 5.82 Å². The Kier molecular flexibility index (Phi) is 4.31. The third-order valence-corrected chi connectivity index (χ3v) is 3.20. The van der Waals surface area contributed by atoms with Gasteiger partial charge in [-0.3, -0.25) is 9.78 Å². The highest BCUT2D eigenvalue weighted by atomic mass is 16.2. The average molecular weight is 263 g/mol. The molecule has 0 bridgehead atoms. The van der Waals surface area contributed by atoms with E-state index in [1.165, 1.54) is 12.4 Å². The first kappa shape index (κ1) is 13.7. The van der Waals surface area contributed by atoms with Gasteiger partial charge >= 0.3 is 0 Å². The Morgan fingerprint density at radius 3 is 2.84 bits per heavy atom. The van der Waals surface area contributed by atoms with Crippen molar-refractivity contribution >= 4 is 11.7 Å². The van der Waals surface area contributed by atoms with E-state index in [2.05, 4.69) is 29.2 Å². The lowest BCUT2D eigenvalue weighted by Gasteiger charge is -2.23. The van der Waals surface area contributed by atoms with Gasteiger partial charge < -0.3 is 10.3 Å². The first-order valence-corrected chi connectivity index (χ1v) is 6.71. The third-order valence-electron chi connectivity index (χ3n) is 3.20. The van der Waals surface area contributed by atoms with Crippen LogP contribution in [-0.4, -0.2) is 33.4 Å². The number of hydrazine groups is 1. The minimum Gasteiger partial charge on any atom is -0.334 e. The van der Waals surface area contributed by atoms with Crippen LogP contribution in [0.15, 0.2) is 12.4 Å². The number of nitrogens with one attached hydrogen (secondary N) is 1. The van der Waals surface area contributed by atoms with Gasteiger partial charge in [0.25, 0.3) is 5.91 Å². The number of nitrogens with zero attached hydrogens (tertiary/aromatic N) is 3. The highest BCUT2D eigenvalue weighted by molar-refractivity contribution is 5.92. The number of carbonyl (C=O) groups is 1. The molecular weight excluding hydrogens is 242 g/mol. The number of hydrogen-bond acceptors (Lipinski definition) is 5. The van der Waals surface area contributed by atoms with Crippen molar-refractivity contribution in [2.45, 2.75) is 39.2 Å². The molecule has 0 saturated heterocycles. The monoisotopic (exact) mass is 263 g/mol. The predicted octanol–water partition coefficient (Wildman–Crippen LogP) is 1.41. The Balaban J connectivity index is 2.09. The number of amides is 1. The molecule has 1 aliphatic rings. The molecule has 1 aromatic heterocycles. The van der Waals surface area contributed by atoms with E-state index in [-0.39, 0.29) is 5.91 Å². The molecule has 1 saturated carbocycles. The molecule has 1 fully saturated rings. The molecule has 3 N–H and O–H groups in total. The topological polar surface area (TPSA) is 84.1 Å². The number of nitrogen functional groups attached to an aromatic ring is 1. The van der Waals surface area contributed by atoms with Crippen LogP contribution in [0.3, 0.4) is 0 Å². The molecule has 0 unspecified atom stereocenters. The van der Waals surface area contributed by atoms with E-state index in [0.29, 0.717) is 23.5 Å². The van der Waals surface area contributed by atoms with Crippen LogP contribution >= 0.6 is 0 Å². The van der Waals surface area contributed by atoms with Crippen molar-refractivity contribution in [3.8, 4) is 0 Å². The predicted molar refractivity (Wildman–Crippen MR) is 73.4 cm³/mol. The summed E-state index contributed by atoms with van der Waals surface area (Å²) in [6, 6.07) is 0.377. The number of aromatic nitrogens is 2. The minimum atomic E-state index is -0.0484. The molecule has 0 radical (unpaired) electrons. The molecule has 1 amide bonds. The summed E-state index contributed by atoms with van der Waals surface area (Å²) in [6.07, 6.45) is 6.17. The van der Waals surface area contributed by atoms with Gasteiger partial charge in [-0.05, 0) is 25.2 Å². The largest absolute Gasteiger partial charge is 0.334 e. The Morgan fingerprint density at radius 1 is 1.53 bits per heavy atom. The van der Waals surface area contributed by atoms with E-state index in [4.69, 9.17) is 5.84 Å². The van der Waals surface area contributed by atoms with Crippen LogP contribution in [-0.2, 0) is 0 Å². The van der Waals surface area contributed by atoms with Crippen LogP contribution in [0.5, 0.6) is 0 Å². The molecule has 0 atom stereocenters. The van der Waals surface area contributed by atoms with Gasteiger partial charge in [0.2, 0.25) is 0 Å². The quantitative estimate of drug-likeness (QED) is 0.599. The van der Waals surface area contributed by atoms with Crippen molar-refractivity contribution in [1.29, 1.82) is 0 Å². The van der Waals surface area contributed by atoms with E-state index in [1.54, 1.807) is 0 Å². The summed E-state index contributed by atoms with van der Waals surface area (Å²) in [5.41, 5.74) is 2.76. The SMILES string of the molecule is CC(C)CCN(C(=O)c1cncc(NN)n1)C1CC1. The van der Waals surface area contributed by atoms with Gasteiger partial charge in [-0.15, -0.1) is 0 Å². The Morgan fingerprint density at radius 2 is 2.26 bits per heavy atom. The normalized spacial score (nSPS) is 14.5. The van der Waals surface area contributed by atoms with Crippen molar-refractivity contribution in [2.24, 2.45) is 11.8 Å². The van der Waals surface area contributed by atoms with Gasteiger partial charge in [0, 0.05) is 12.6 Å². The van der Waals surface area contributed by atoms with Crippen molar-refractivity contribution in [3.05, 3.63) is 18.1 Å². The zero-order valence-corrected chi connectivity index (χ0v) is 11.5. The first-order chi connectivity index (χ1) is 9.11. The Hall–Kier alpha value is -1.69. The molecular formula is C13H21N5O. The second kappa shape index (κ2) is 5.97. The Labute approximate surface area is 113 Å². The molecule has 1 aliphatic carbocycles. The second-order valence-electron chi connectivity index (χ2n) is 5.35. The van der Waals surface area contributed by atoms with Crippen LogP contribution in [0.4, 0.5) is 5.82 Å². The number of rotatable bonds is 6. The first-order valence-electron chi connectivity index (χ1n) is 6.71. The van der Waals surface area contributed by atoms with Gasteiger partial charge in [0.05, 0.1) is 12.4 Å². The summed E-state index contributed by atoms with van der Waals surface area (Å²) in [5.74, 6) is 6.23. The van der Waals surface area contributed by atoms with Gasteiger partial charge in [-0.1, -0.05) is 13.8 Å². The number of anilines is 1. The molecule has 104 valence electrons. The fourth-order valence-electron chi connectivity index (χ4n) is 1.92. The van der Waals surface area contributed by atoms with Crippen molar-refractivity contribution in [2.75, 3.05) is 12.0 Å². The lowest BCUT2D eigenvalue weighted by atomic mass is 10.1. The summed E-state index contributed by atoms with van der Waals surface area (Å²) in [6.45, 7) is 5.10. The van der Waals surface area contributed by atoms with E-state index in [1.807, 2.05) is 4.90 Å². The average Bonchev–Trinajstić information content (AvgIpc) is 3.23. The maximum absolute atomic E-state index is 12.5. The van der Waals surface area contributed by atoms with Crippen molar-refractivity contribution in [3.63, 3.8) is 0 Å². The van der Waals surface area contributed by atoms with Crippen LogP contribution in [0.25, 0.3) is 0 Å². The lowest BCUT2D eigenvalue weighted by molar-refractivity contribution is 0.0729. The molecule has 19 heavy (non-hydrogen) atoms. The highest BCUT2D eigenvalue weighted by Crippen LogP contribution is 2.28. The number of carbonyl (C=O) groups excluding carboxylic acids is 1. The summed E-state index contributed by atoms with van der Waals surface area (Å²) in [4.78, 5) is 22.5. The summed E-state index contributed by atoms with van der Waals surface area (Å²) in [5, 5.41) is 0. The highest BCUT2D eigenvalue weighted by Gasteiger charge is 2.33. The standard InChI is InChI=1S/C13H21N5O/c1-9(2)5-6-18(10-3-4-10)13(19)11-7-15-8-12(16-11)17-14/h7-10H,3-6,14H2,1-2H3,(H,16,17). The molecule has 2 rings (SSSR count). The summed E-state index contributed by atoms with van der Waals surface area (Å²) < 4.78 is 0. The van der Waals surface area contributed by atoms with E-state index < -0.39 is 0 Å². The van der Waals surface area contributed by atoms with E-state index in [0.717, 1.165) is 25.8 Å². The molecule has 0 aliphatic heterocycles. The molecule has 6 heteroatoms.